The van der Waals surface area contributed by atoms with Crippen LogP contribution in [0.1, 0.15) is 24.1 Å². The van der Waals surface area contributed by atoms with Crippen LogP contribution in [0.2, 0.25) is 0 Å². The van der Waals surface area contributed by atoms with E-state index in [2.05, 4.69) is 29.4 Å². The Morgan fingerprint density at radius 1 is 1.25 bits per heavy atom. The molecule has 0 radical (unpaired) electrons. The lowest BCUT2D eigenvalue weighted by atomic mass is 9.99. The summed E-state index contributed by atoms with van der Waals surface area (Å²) in [6.07, 6.45) is 2.59. The van der Waals surface area contributed by atoms with Crippen molar-refractivity contribution < 1.29 is 4.74 Å². The van der Waals surface area contributed by atoms with Crippen molar-refractivity contribution in [2.45, 2.75) is 19.4 Å². The highest BCUT2D eigenvalue weighted by Crippen LogP contribution is 2.23. The van der Waals surface area contributed by atoms with Crippen molar-refractivity contribution in [2.75, 3.05) is 19.4 Å². The van der Waals surface area contributed by atoms with E-state index in [4.69, 9.17) is 10.5 Å². The maximum atomic E-state index is 5.98. The topological polar surface area (TPSA) is 60.2 Å². The molecule has 3 N–H and O–H groups in total. The molecule has 0 saturated carbocycles. The summed E-state index contributed by atoms with van der Waals surface area (Å²) in [7, 11) is 1.67. The minimum atomic E-state index is 0.169. The largest absolute Gasteiger partial charge is 0.497 e. The molecule has 0 aliphatic rings. The molecule has 0 saturated heterocycles. The predicted octanol–water partition coefficient (Wildman–Crippen LogP) is 2.57. The third-order valence-electron chi connectivity index (χ3n) is 3.30. The second-order valence-electron chi connectivity index (χ2n) is 4.64. The Bertz CT molecular complexity index is 540. The second kappa shape index (κ2) is 6.91. The summed E-state index contributed by atoms with van der Waals surface area (Å²) < 4.78 is 5.18. The fourth-order valence-corrected chi connectivity index (χ4v) is 2.26. The molecule has 2 rings (SSSR count). The minimum absolute atomic E-state index is 0.169. The van der Waals surface area contributed by atoms with Gasteiger partial charge in [-0.3, -0.25) is 0 Å². The van der Waals surface area contributed by atoms with Gasteiger partial charge in [0.2, 0.25) is 0 Å². The molecule has 1 atom stereocenters. The molecule has 4 heteroatoms. The van der Waals surface area contributed by atoms with Gasteiger partial charge in [-0.15, -0.1) is 0 Å². The average molecular weight is 271 g/mol. The van der Waals surface area contributed by atoms with Gasteiger partial charge in [-0.05, 0) is 36.7 Å². The van der Waals surface area contributed by atoms with E-state index < -0.39 is 0 Å². The molecule has 0 bridgehead atoms. The smallest absolute Gasteiger partial charge is 0.128 e. The van der Waals surface area contributed by atoms with Gasteiger partial charge in [-0.25, -0.2) is 4.98 Å². The fraction of sp³-hybridized carbons (Fsp3) is 0.312. The number of anilines is 1. The number of rotatable bonds is 6. The van der Waals surface area contributed by atoms with E-state index in [0.29, 0.717) is 5.82 Å². The monoisotopic (exact) mass is 271 g/mol. The summed E-state index contributed by atoms with van der Waals surface area (Å²) in [6, 6.07) is 12.2. The predicted molar refractivity (Wildman–Crippen MR) is 81.8 cm³/mol. The number of nitrogens with one attached hydrogen (secondary N) is 1. The molecule has 1 unspecified atom stereocenters. The number of pyridine rings is 1. The van der Waals surface area contributed by atoms with E-state index in [1.54, 1.807) is 13.3 Å². The lowest BCUT2D eigenvalue weighted by Crippen LogP contribution is -2.24. The lowest BCUT2D eigenvalue weighted by Gasteiger charge is -2.19. The van der Waals surface area contributed by atoms with Crippen molar-refractivity contribution in [1.82, 2.24) is 10.3 Å². The van der Waals surface area contributed by atoms with Crippen LogP contribution in [0, 0.1) is 0 Å². The Hall–Kier alpha value is -2.07. The van der Waals surface area contributed by atoms with Crippen LogP contribution in [0.15, 0.2) is 42.6 Å². The van der Waals surface area contributed by atoms with E-state index in [9.17, 15) is 0 Å². The standard InChI is InChI=1S/C16H21N3O/c1-3-18-15(14-5-4-10-19-16(14)17)11-12-6-8-13(20-2)9-7-12/h4-10,15,18H,3,11H2,1-2H3,(H2,17,19). The van der Waals surface area contributed by atoms with Crippen LogP contribution in [0.3, 0.4) is 0 Å². The molecule has 1 aromatic carbocycles. The summed E-state index contributed by atoms with van der Waals surface area (Å²) in [4.78, 5) is 4.17. The first-order valence-corrected chi connectivity index (χ1v) is 6.81. The Morgan fingerprint density at radius 2 is 2.00 bits per heavy atom. The van der Waals surface area contributed by atoms with Crippen LogP contribution >= 0.6 is 0 Å². The van der Waals surface area contributed by atoms with Gasteiger partial charge in [0.15, 0.2) is 0 Å². The summed E-state index contributed by atoms with van der Waals surface area (Å²) >= 11 is 0. The molecule has 0 spiro atoms. The molecule has 2 aromatic rings. The van der Waals surface area contributed by atoms with Crippen molar-refractivity contribution in [2.24, 2.45) is 0 Å². The van der Waals surface area contributed by atoms with Crippen molar-refractivity contribution in [3.05, 3.63) is 53.7 Å². The first-order chi connectivity index (χ1) is 9.74. The zero-order valence-electron chi connectivity index (χ0n) is 12.0. The Morgan fingerprint density at radius 3 is 2.60 bits per heavy atom. The van der Waals surface area contributed by atoms with E-state index >= 15 is 0 Å². The number of likely N-dealkylation sites (N-methyl/N-ethyl adjacent to an activating group) is 1. The third-order valence-corrected chi connectivity index (χ3v) is 3.30. The molecule has 0 fully saturated rings. The first kappa shape index (κ1) is 14.3. The molecular formula is C16H21N3O. The SMILES string of the molecule is CCNC(Cc1ccc(OC)cc1)c1cccnc1N. The summed E-state index contributed by atoms with van der Waals surface area (Å²) in [5, 5.41) is 3.47. The maximum absolute atomic E-state index is 5.98. The second-order valence-corrected chi connectivity index (χ2v) is 4.64. The van der Waals surface area contributed by atoms with Gasteiger partial charge in [0.05, 0.1) is 7.11 Å². The van der Waals surface area contributed by atoms with Gasteiger partial charge in [-0.2, -0.15) is 0 Å². The first-order valence-electron chi connectivity index (χ1n) is 6.81. The van der Waals surface area contributed by atoms with Crippen LogP contribution in [-0.2, 0) is 6.42 Å². The lowest BCUT2D eigenvalue weighted by molar-refractivity contribution is 0.414. The van der Waals surface area contributed by atoms with Crippen LogP contribution in [-0.4, -0.2) is 18.6 Å². The van der Waals surface area contributed by atoms with Crippen LogP contribution in [0.25, 0.3) is 0 Å². The molecule has 0 aliphatic carbocycles. The zero-order chi connectivity index (χ0) is 14.4. The number of methoxy groups -OCH3 is 1. The van der Waals surface area contributed by atoms with Crippen LogP contribution in [0.5, 0.6) is 5.75 Å². The normalized spacial score (nSPS) is 12.1. The van der Waals surface area contributed by atoms with Gasteiger partial charge in [-0.1, -0.05) is 25.1 Å². The van der Waals surface area contributed by atoms with Crippen molar-refractivity contribution in [3.8, 4) is 5.75 Å². The van der Waals surface area contributed by atoms with Gasteiger partial charge < -0.3 is 15.8 Å². The van der Waals surface area contributed by atoms with Crippen molar-refractivity contribution in [3.63, 3.8) is 0 Å². The highest BCUT2D eigenvalue weighted by atomic mass is 16.5. The minimum Gasteiger partial charge on any atom is -0.497 e. The molecule has 1 aromatic heterocycles. The van der Waals surface area contributed by atoms with Crippen LogP contribution < -0.4 is 15.8 Å². The number of aromatic nitrogens is 1. The van der Waals surface area contributed by atoms with Crippen LogP contribution in [0.4, 0.5) is 5.82 Å². The number of hydrogen-bond acceptors (Lipinski definition) is 4. The van der Waals surface area contributed by atoms with Gasteiger partial charge in [0, 0.05) is 17.8 Å². The molecule has 4 nitrogen and oxygen atoms in total. The van der Waals surface area contributed by atoms with Gasteiger partial charge >= 0.3 is 0 Å². The Balaban J connectivity index is 2.18. The molecular weight excluding hydrogens is 250 g/mol. The van der Waals surface area contributed by atoms with E-state index in [1.807, 2.05) is 24.3 Å². The maximum Gasteiger partial charge on any atom is 0.128 e. The number of ether oxygens (including phenoxy) is 1. The van der Waals surface area contributed by atoms with Gasteiger partial charge in [0.25, 0.3) is 0 Å². The summed E-state index contributed by atoms with van der Waals surface area (Å²) in [5.74, 6) is 1.46. The average Bonchev–Trinajstić information content (AvgIpc) is 2.48. The van der Waals surface area contributed by atoms with Crippen molar-refractivity contribution in [1.29, 1.82) is 0 Å². The third kappa shape index (κ3) is 3.48. The zero-order valence-corrected chi connectivity index (χ0v) is 12.0. The van der Waals surface area contributed by atoms with E-state index in [1.165, 1.54) is 5.56 Å². The van der Waals surface area contributed by atoms with Crippen molar-refractivity contribution >= 4 is 5.82 Å². The Labute approximate surface area is 120 Å². The molecule has 106 valence electrons. The van der Waals surface area contributed by atoms with E-state index in [-0.39, 0.29) is 6.04 Å². The number of hydrogen-bond donors (Lipinski definition) is 2. The molecule has 0 aliphatic heterocycles. The number of nitrogens with two attached hydrogens (primary N) is 1. The highest BCUT2D eigenvalue weighted by molar-refractivity contribution is 5.42. The molecule has 1 heterocycles. The van der Waals surface area contributed by atoms with E-state index in [0.717, 1.165) is 24.3 Å². The molecule has 0 amide bonds. The van der Waals surface area contributed by atoms with Gasteiger partial charge in [0.1, 0.15) is 11.6 Å². The number of nitrogens with zero attached hydrogens (tertiary/aromatic N) is 1. The summed E-state index contributed by atoms with van der Waals surface area (Å²) in [5.41, 5.74) is 8.26. The number of nitrogen functional groups attached to an aromatic ring is 1. The summed E-state index contributed by atoms with van der Waals surface area (Å²) in [6.45, 7) is 2.97. The Kier molecular flexibility index (Phi) is 4.96. The molecule has 20 heavy (non-hydrogen) atoms. The highest BCUT2D eigenvalue weighted by Gasteiger charge is 2.14. The fourth-order valence-electron chi connectivity index (χ4n) is 2.26. The number of benzene rings is 1. The quantitative estimate of drug-likeness (QED) is 0.847.